The first-order valence-corrected chi connectivity index (χ1v) is 6.51. The van der Waals surface area contributed by atoms with Crippen LogP contribution in [0.1, 0.15) is 19.4 Å². The van der Waals surface area contributed by atoms with E-state index in [1.165, 1.54) is 6.07 Å². The zero-order valence-corrected chi connectivity index (χ0v) is 11.7. The number of ketones is 1. The molecule has 0 aliphatic carbocycles. The molecule has 0 aliphatic heterocycles. The van der Waals surface area contributed by atoms with Crippen LogP contribution in [0, 0.1) is 11.7 Å². The van der Waals surface area contributed by atoms with Gasteiger partial charge in [0, 0.05) is 18.9 Å². The van der Waals surface area contributed by atoms with Crippen LogP contribution in [-0.2, 0) is 11.2 Å². The van der Waals surface area contributed by atoms with E-state index in [9.17, 15) is 9.18 Å². The highest BCUT2D eigenvalue weighted by molar-refractivity contribution is 9.10. The van der Waals surface area contributed by atoms with Crippen LogP contribution in [0.15, 0.2) is 22.7 Å². The second-order valence-corrected chi connectivity index (χ2v) is 4.95. The fraction of sp³-hybridized carbons (Fsp3) is 0.462. The molecule has 0 heterocycles. The van der Waals surface area contributed by atoms with Crippen LogP contribution in [0.5, 0.6) is 0 Å². The average Bonchev–Trinajstić information content (AvgIpc) is 2.30. The molecule has 2 nitrogen and oxygen atoms in total. The number of nitrogens with one attached hydrogen (secondary N) is 1. The van der Waals surface area contributed by atoms with Crippen molar-refractivity contribution in [1.82, 2.24) is 5.32 Å². The van der Waals surface area contributed by atoms with E-state index < -0.39 is 0 Å². The topological polar surface area (TPSA) is 29.1 Å². The van der Waals surface area contributed by atoms with E-state index >= 15 is 0 Å². The quantitative estimate of drug-likeness (QED) is 0.875. The highest BCUT2D eigenvalue weighted by atomic mass is 79.9. The largest absolute Gasteiger partial charge is 0.316 e. The summed E-state index contributed by atoms with van der Waals surface area (Å²) in [5.74, 6) is -0.148. The molecule has 0 saturated carbocycles. The Morgan fingerprint density at radius 2 is 2.24 bits per heavy atom. The van der Waals surface area contributed by atoms with Gasteiger partial charge in [0.05, 0.1) is 4.47 Å². The standard InChI is InChI=1S/C13H17BrFNO/c1-3-16-8-9(2)13(17)7-10-4-5-12(15)11(14)6-10/h4-6,9,16H,3,7-8H2,1-2H3. The van der Waals surface area contributed by atoms with Crippen molar-refractivity contribution in [3.05, 3.63) is 34.1 Å². The van der Waals surface area contributed by atoms with Gasteiger partial charge in [-0.15, -0.1) is 0 Å². The summed E-state index contributed by atoms with van der Waals surface area (Å²) in [6.07, 6.45) is 0.353. The fourth-order valence-electron chi connectivity index (χ4n) is 1.50. The van der Waals surface area contributed by atoms with Crippen LogP contribution in [0.3, 0.4) is 0 Å². The van der Waals surface area contributed by atoms with Gasteiger partial charge < -0.3 is 5.32 Å². The number of benzene rings is 1. The summed E-state index contributed by atoms with van der Waals surface area (Å²) < 4.78 is 13.4. The highest BCUT2D eigenvalue weighted by Crippen LogP contribution is 2.18. The molecule has 0 fully saturated rings. The van der Waals surface area contributed by atoms with Crippen LogP contribution in [-0.4, -0.2) is 18.9 Å². The minimum Gasteiger partial charge on any atom is -0.316 e. The Hall–Kier alpha value is -0.740. The Labute approximate surface area is 110 Å². The van der Waals surface area contributed by atoms with Gasteiger partial charge in [-0.05, 0) is 40.2 Å². The summed E-state index contributed by atoms with van der Waals surface area (Å²) in [6, 6.07) is 4.69. The third kappa shape index (κ3) is 4.56. The molecule has 1 unspecified atom stereocenters. The number of Topliss-reactive ketones (excluding diaryl/α,β-unsaturated/α-hetero) is 1. The zero-order chi connectivity index (χ0) is 12.8. The van der Waals surface area contributed by atoms with Crippen LogP contribution in [0.25, 0.3) is 0 Å². The summed E-state index contributed by atoms with van der Waals surface area (Å²) >= 11 is 3.12. The fourth-order valence-corrected chi connectivity index (χ4v) is 1.93. The van der Waals surface area contributed by atoms with Crippen LogP contribution in [0.2, 0.25) is 0 Å². The van der Waals surface area contributed by atoms with Gasteiger partial charge in [-0.3, -0.25) is 4.79 Å². The first-order valence-electron chi connectivity index (χ1n) is 5.72. The SMILES string of the molecule is CCNCC(C)C(=O)Cc1ccc(F)c(Br)c1. The van der Waals surface area contributed by atoms with Crippen molar-refractivity contribution in [3.63, 3.8) is 0 Å². The van der Waals surface area contributed by atoms with Crippen LogP contribution in [0.4, 0.5) is 4.39 Å². The van der Waals surface area contributed by atoms with E-state index in [4.69, 9.17) is 0 Å². The van der Waals surface area contributed by atoms with E-state index in [0.717, 1.165) is 12.1 Å². The monoisotopic (exact) mass is 301 g/mol. The minimum atomic E-state index is -0.304. The molecule has 1 atom stereocenters. The number of carbonyl (C=O) groups excluding carboxylic acids is 1. The summed E-state index contributed by atoms with van der Waals surface area (Å²) in [7, 11) is 0. The van der Waals surface area contributed by atoms with E-state index in [0.29, 0.717) is 17.4 Å². The molecule has 0 spiro atoms. The smallest absolute Gasteiger partial charge is 0.141 e. The zero-order valence-electron chi connectivity index (χ0n) is 10.1. The van der Waals surface area contributed by atoms with Gasteiger partial charge in [-0.25, -0.2) is 4.39 Å². The summed E-state index contributed by atoms with van der Waals surface area (Å²) in [6.45, 7) is 5.47. The van der Waals surface area contributed by atoms with Crippen LogP contribution < -0.4 is 5.32 Å². The van der Waals surface area contributed by atoms with Gasteiger partial charge in [0.25, 0.3) is 0 Å². The van der Waals surface area contributed by atoms with Gasteiger partial charge in [0.2, 0.25) is 0 Å². The maximum absolute atomic E-state index is 13.0. The van der Waals surface area contributed by atoms with Gasteiger partial charge in [-0.2, -0.15) is 0 Å². The molecule has 0 amide bonds. The van der Waals surface area contributed by atoms with Gasteiger partial charge in [0.1, 0.15) is 11.6 Å². The Morgan fingerprint density at radius 1 is 1.53 bits per heavy atom. The maximum Gasteiger partial charge on any atom is 0.141 e. The molecule has 0 saturated heterocycles. The lowest BCUT2D eigenvalue weighted by Gasteiger charge is -2.10. The highest BCUT2D eigenvalue weighted by Gasteiger charge is 2.13. The molecule has 0 radical (unpaired) electrons. The molecule has 4 heteroatoms. The van der Waals surface area contributed by atoms with Gasteiger partial charge >= 0.3 is 0 Å². The van der Waals surface area contributed by atoms with Crippen molar-refractivity contribution in [1.29, 1.82) is 0 Å². The van der Waals surface area contributed by atoms with Crippen molar-refractivity contribution < 1.29 is 9.18 Å². The minimum absolute atomic E-state index is 0.0150. The van der Waals surface area contributed by atoms with E-state index in [2.05, 4.69) is 21.2 Å². The Morgan fingerprint density at radius 3 is 2.82 bits per heavy atom. The summed E-state index contributed by atoms with van der Waals surface area (Å²) in [5.41, 5.74) is 0.839. The van der Waals surface area contributed by atoms with Crippen molar-refractivity contribution in [3.8, 4) is 0 Å². The van der Waals surface area contributed by atoms with E-state index in [1.807, 2.05) is 13.8 Å². The molecule has 0 bridgehead atoms. The van der Waals surface area contributed by atoms with Gasteiger partial charge in [-0.1, -0.05) is 19.9 Å². The summed E-state index contributed by atoms with van der Waals surface area (Å²) in [5, 5.41) is 3.15. The predicted octanol–water partition coefficient (Wildman–Crippen LogP) is 2.95. The summed E-state index contributed by atoms with van der Waals surface area (Å²) in [4.78, 5) is 11.9. The second-order valence-electron chi connectivity index (χ2n) is 4.10. The molecular weight excluding hydrogens is 285 g/mol. The molecule has 1 N–H and O–H groups in total. The molecule has 1 aromatic rings. The van der Waals surface area contributed by atoms with Crippen molar-refractivity contribution in [2.75, 3.05) is 13.1 Å². The lowest BCUT2D eigenvalue weighted by molar-refractivity contribution is -0.121. The number of rotatable bonds is 6. The van der Waals surface area contributed by atoms with E-state index in [1.54, 1.807) is 12.1 Å². The molecule has 94 valence electrons. The first kappa shape index (κ1) is 14.3. The van der Waals surface area contributed by atoms with Crippen molar-refractivity contribution >= 4 is 21.7 Å². The lowest BCUT2D eigenvalue weighted by Crippen LogP contribution is -2.27. The Balaban J connectivity index is 2.58. The van der Waals surface area contributed by atoms with Gasteiger partial charge in [0.15, 0.2) is 0 Å². The molecular formula is C13H17BrFNO. The van der Waals surface area contributed by atoms with Crippen molar-refractivity contribution in [2.45, 2.75) is 20.3 Å². The third-order valence-corrected chi connectivity index (χ3v) is 3.22. The maximum atomic E-state index is 13.0. The average molecular weight is 302 g/mol. The van der Waals surface area contributed by atoms with E-state index in [-0.39, 0.29) is 17.5 Å². The van der Waals surface area contributed by atoms with Crippen molar-refractivity contribution in [2.24, 2.45) is 5.92 Å². The molecule has 17 heavy (non-hydrogen) atoms. The lowest BCUT2D eigenvalue weighted by atomic mass is 9.99. The third-order valence-electron chi connectivity index (χ3n) is 2.61. The van der Waals surface area contributed by atoms with Crippen LogP contribution >= 0.6 is 15.9 Å². The first-order chi connectivity index (χ1) is 8.04. The molecule has 0 aliphatic rings. The normalized spacial score (nSPS) is 12.5. The Kier molecular flexibility index (Phi) is 5.78. The number of hydrogen-bond acceptors (Lipinski definition) is 2. The number of hydrogen-bond donors (Lipinski definition) is 1. The number of carbonyl (C=O) groups is 1. The Bertz CT molecular complexity index is 395. The molecule has 0 aromatic heterocycles. The molecule has 1 rings (SSSR count). The second kappa shape index (κ2) is 6.87. The number of halogens is 2. The predicted molar refractivity (Wildman–Crippen MR) is 70.5 cm³/mol. The molecule has 1 aromatic carbocycles.